The standard InChI is InChI=1S/C18H17BrN4O2S/c1-10(2)26-18-21-14-5-4-12(8-15(14)22-18)17(25)23-20-9-11-3-6-16(24)13(19)7-11/h3-10,24H,1-2H3,(H,21,22)(H,23,25)/b20-9-. The zero-order valence-corrected chi connectivity index (χ0v) is 16.6. The molecule has 134 valence electrons. The second kappa shape index (κ2) is 7.92. The fraction of sp³-hybridized carbons (Fsp3) is 0.167. The molecular weight excluding hydrogens is 416 g/mol. The van der Waals surface area contributed by atoms with Crippen LogP contribution in [-0.4, -0.2) is 32.4 Å². The third kappa shape index (κ3) is 4.44. The number of hydrogen-bond acceptors (Lipinski definition) is 5. The number of fused-ring (bicyclic) bond motifs is 1. The first-order chi connectivity index (χ1) is 12.4. The number of carbonyl (C=O) groups is 1. The van der Waals surface area contributed by atoms with Gasteiger partial charge in [0.15, 0.2) is 5.16 Å². The number of rotatable bonds is 5. The van der Waals surface area contributed by atoms with Gasteiger partial charge >= 0.3 is 0 Å². The molecule has 2 aromatic carbocycles. The van der Waals surface area contributed by atoms with E-state index in [-0.39, 0.29) is 11.7 Å². The van der Waals surface area contributed by atoms with Gasteiger partial charge in [-0.1, -0.05) is 25.6 Å². The van der Waals surface area contributed by atoms with Crippen molar-refractivity contribution in [3.05, 3.63) is 52.0 Å². The van der Waals surface area contributed by atoms with E-state index in [1.165, 1.54) is 6.21 Å². The molecule has 3 rings (SSSR count). The molecule has 0 saturated heterocycles. The highest BCUT2D eigenvalue weighted by Gasteiger charge is 2.09. The summed E-state index contributed by atoms with van der Waals surface area (Å²) in [5.41, 5.74) is 5.37. The molecule has 1 heterocycles. The maximum atomic E-state index is 12.3. The Labute approximate surface area is 163 Å². The summed E-state index contributed by atoms with van der Waals surface area (Å²) in [6.07, 6.45) is 1.51. The van der Waals surface area contributed by atoms with Crippen LogP contribution >= 0.6 is 27.7 Å². The van der Waals surface area contributed by atoms with Crippen molar-refractivity contribution in [2.75, 3.05) is 0 Å². The monoisotopic (exact) mass is 432 g/mol. The fourth-order valence-corrected chi connectivity index (χ4v) is 3.40. The van der Waals surface area contributed by atoms with E-state index in [0.717, 1.165) is 21.8 Å². The van der Waals surface area contributed by atoms with Crippen LogP contribution in [0.15, 0.2) is 51.1 Å². The molecule has 0 aliphatic heterocycles. The number of thioether (sulfide) groups is 1. The maximum Gasteiger partial charge on any atom is 0.271 e. The first-order valence-electron chi connectivity index (χ1n) is 7.91. The molecule has 6 nitrogen and oxygen atoms in total. The first-order valence-corrected chi connectivity index (χ1v) is 9.58. The Hall–Kier alpha value is -2.32. The molecular formula is C18H17BrN4O2S. The summed E-state index contributed by atoms with van der Waals surface area (Å²) < 4.78 is 0.563. The Bertz CT molecular complexity index is 984. The van der Waals surface area contributed by atoms with Crippen molar-refractivity contribution in [1.29, 1.82) is 0 Å². The fourth-order valence-electron chi connectivity index (χ4n) is 2.24. The number of benzene rings is 2. The molecule has 0 unspecified atom stereocenters. The molecule has 0 aliphatic carbocycles. The lowest BCUT2D eigenvalue weighted by molar-refractivity contribution is 0.0955. The zero-order chi connectivity index (χ0) is 18.7. The van der Waals surface area contributed by atoms with Gasteiger partial charge in [-0.2, -0.15) is 5.10 Å². The molecule has 0 bridgehead atoms. The van der Waals surface area contributed by atoms with Crippen molar-refractivity contribution in [2.24, 2.45) is 5.10 Å². The molecule has 8 heteroatoms. The van der Waals surface area contributed by atoms with Gasteiger partial charge in [-0.25, -0.2) is 10.4 Å². The Morgan fingerprint density at radius 3 is 2.88 bits per heavy atom. The Balaban J connectivity index is 1.70. The summed E-state index contributed by atoms with van der Waals surface area (Å²) in [7, 11) is 0. The van der Waals surface area contributed by atoms with Crippen molar-refractivity contribution < 1.29 is 9.90 Å². The van der Waals surface area contributed by atoms with Gasteiger partial charge < -0.3 is 10.1 Å². The molecule has 1 amide bonds. The Kier molecular flexibility index (Phi) is 5.63. The molecule has 3 aromatic rings. The number of nitrogens with zero attached hydrogens (tertiary/aromatic N) is 2. The lowest BCUT2D eigenvalue weighted by Crippen LogP contribution is -2.17. The molecule has 0 radical (unpaired) electrons. The minimum atomic E-state index is -0.311. The van der Waals surface area contributed by atoms with Gasteiger partial charge in [-0.05, 0) is 57.9 Å². The number of phenols is 1. The average molecular weight is 433 g/mol. The largest absolute Gasteiger partial charge is 0.507 e. The summed E-state index contributed by atoms with van der Waals surface area (Å²) in [6.45, 7) is 4.20. The van der Waals surface area contributed by atoms with Gasteiger partial charge in [-0.3, -0.25) is 4.79 Å². The highest BCUT2D eigenvalue weighted by molar-refractivity contribution is 9.10. The van der Waals surface area contributed by atoms with E-state index in [1.54, 1.807) is 42.1 Å². The van der Waals surface area contributed by atoms with Crippen molar-refractivity contribution in [3.63, 3.8) is 0 Å². The number of halogens is 1. The molecule has 0 aliphatic rings. The number of hydrazone groups is 1. The van der Waals surface area contributed by atoms with Gasteiger partial charge in [0, 0.05) is 10.8 Å². The highest BCUT2D eigenvalue weighted by Crippen LogP contribution is 2.24. The topological polar surface area (TPSA) is 90.4 Å². The second-order valence-corrected chi connectivity index (χ2v) is 8.27. The molecule has 0 fully saturated rings. The predicted molar refractivity (Wildman–Crippen MR) is 108 cm³/mol. The van der Waals surface area contributed by atoms with Crippen LogP contribution in [0.2, 0.25) is 0 Å². The van der Waals surface area contributed by atoms with Crippen LogP contribution in [0, 0.1) is 0 Å². The van der Waals surface area contributed by atoms with E-state index in [9.17, 15) is 9.90 Å². The third-order valence-corrected chi connectivity index (χ3v) is 4.94. The van der Waals surface area contributed by atoms with Crippen molar-refractivity contribution in [3.8, 4) is 5.75 Å². The van der Waals surface area contributed by atoms with Gasteiger partial charge in [-0.15, -0.1) is 0 Å². The van der Waals surface area contributed by atoms with Crippen molar-refractivity contribution in [1.82, 2.24) is 15.4 Å². The average Bonchev–Trinajstić information content (AvgIpc) is 2.98. The Morgan fingerprint density at radius 1 is 1.35 bits per heavy atom. The first kappa shape index (κ1) is 18.5. The number of hydrogen-bond donors (Lipinski definition) is 3. The van der Waals surface area contributed by atoms with Crippen LogP contribution in [0.25, 0.3) is 11.0 Å². The maximum absolute atomic E-state index is 12.3. The summed E-state index contributed by atoms with van der Waals surface area (Å²) in [6, 6.07) is 10.2. The lowest BCUT2D eigenvalue weighted by Gasteiger charge is -2.01. The van der Waals surface area contributed by atoms with Gasteiger partial charge in [0.25, 0.3) is 5.91 Å². The van der Waals surface area contributed by atoms with Gasteiger partial charge in [0.1, 0.15) is 5.75 Å². The Morgan fingerprint density at radius 2 is 2.15 bits per heavy atom. The number of amides is 1. The number of imidazole rings is 1. The summed E-state index contributed by atoms with van der Waals surface area (Å²) in [4.78, 5) is 20.0. The number of phenolic OH excluding ortho intramolecular Hbond substituents is 1. The number of aromatic nitrogens is 2. The molecule has 1 aromatic heterocycles. The molecule has 0 saturated carbocycles. The second-order valence-electron chi connectivity index (χ2n) is 5.85. The smallest absolute Gasteiger partial charge is 0.271 e. The van der Waals surface area contributed by atoms with Crippen molar-refractivity contribution >= 4 is 50.8 Å². The minimum absolute atomic E-state index is 0.147. The van der Waals surface area contributed by atoms with E-state index < -0.39 is 0 Å². The molecule has 0 atom stereocenters. The van der Waals surface area contributed by atoms with Crippen LogP contribution in [0.3, 0.4) is 0 Å². The van der Waals surface area contributed by atoms with Crippen molar-refractivity contribution in [2.45, 2.75) is 24.3 Å². The van der Waals surface area contributed by atoms with Crippen LogP contribution in [0.1, 0.15) is 29.8 Å². The number of carbonyl (C=O) groups excluding carboxylic acids is 1. The third-order valence-electron chi connectivity index (χ3n) is 3.42. The number of aromatic hydroxyl groups is 1. The van der Waals surface area contributed by atoms with Gasteiger partial charge in [0.2, 0.25) is 0 Å². The number of nitrogens with one attached hydrogen (secondary N) is 2. The molecule has 0 spiro atoms. The normalized spacial score (nSPS) is 11.5. The predicted octanol–water partition coefficient (Wildman–Crippen LogP) is 4.30. The van der Waals surface area contributed by atoms with Crippen LogP contribution < -0.4 is 5.43 Å². The van der Waals surface area contributed by atoms with E-state index >= 15 is 0 Å². The lowest BCUT2D eigenvalue weighted by atomic mass is 10.2. The summed E-state index contributed by atoms with van der Waals surface area (Å²) in [5, 5.41) is 14.7. The SMILES string of the molecule is CC(C)Sc1nc2ccc(C(=O)N/N=C\c3ccc(O)c(Br)c3)cc2[nH]1. The summed E-state index contributed by atoms with van der Waals surface area (Å²) >= 11 is 4.87. The van der Waals surface area contributed by atoms with Crippen LogP contribution in [-0.2, 0) is 0 Å². The minimum Gasteiger partial charge on any atom is -0.507 e. The van der Waals surface area contributed by atoms with E-state index in [1.807, 2.05) is 6.07 Å². The molecule has 26 heavy (non-hydrogen) atoms. The molecule has 3 N–H and O–H groups in total. The quantitative estimate of drug-likeness (QED) is 0.318. The number of H-pyrrole nitrogens is 1. The van der Waals surface area contributed by atoms with E-state index in [4.69, 9.17) is 0 Å². The highest BCUT2D eigenvalue weighted by atomic mass is 79.9. The van der Waals surface area contributed by atoms with Crippen LogP contribution in [0.4, 0.5) is 0 Å². The van der Waals surface area contributed by atoms with E-state index in [0.29, 0.717) is 15.3 Å². The van der Waals surface area contributed by atoms with Crippen LogP contribution in [0.5, 0.6) is 5.75 Å². The van der Waals surface area contributed by atoms with E-state index in [2.05, 4.69) is 50.3 Å². The van der Waals surface area contributed by atoms with Gasteiger partial charge in [0.05, 0.1) is 21.7 Å². The zero-order valence-electron chi connectivity index (χ0n) is 14.2. The summed E-state index contributed by atoms with van der Waals surface area (Å²) in [5.74, 6) is -0.164. The number of aromatic amines is 1.